The normalized spacial score (nSPS) is 5.65. The van der Waals surface area contributed by atoms with E-state index < -0.39 is 23.9 Å². The van der Waals surface area contributed by atoms with E-state index in [9.17, 15) is 0 Å². The second-order valence-electron chi connectivity index (χ2n) is 2.65. The Bertz CT molecular complexity index is 202. The van der Waals surface area contributed by atoms with Crippen LogP contribution in [0.15, 0.2) is 0 Å². The van der Waals surface area contributed by atoms with Gasteiger partial charge in [0.25, 0.3) is 23.9 Å². The summed E-state index contributed by atoms with van der Waals surface area (Å²) in [5, 5.41) is 29.7. The van der Waals surface area contributed by atoms with Crippen LogP contribution in [-0.2, 0) is 19.2 Å². The summed E-state index contributed by atoms with van der Waals surface area (Å²) in [6.07, 6.45) is 0. The van der Waals surface area contributed by atoms with E-state index in [0.29, 0.717) is 13.1 Å². The van der Waals surface area contributed by atoms with Crippen molar-refractivity contribution in [3.05, 3.63) is 0 Å². The van der Waals surface area contributed by atoms with Crippen molar-refractivity contribution in [3.63, 3.8) is 0 Å². The summed E-state index contributed by atoms with van der Waals surface area (Å²) in [6, 6.07) is 0. The number of carboxylic acid groups (broad SMARTS) is 4. The third-order valence-corrected chi connectivity index (χ3v) is 0.167. The van der Waals surface area contributed by atoms with Crippen LogP contribution in [0.2, 0.25) is 0 Å². The zero-order valence-electron chi connectivity index (χ0n) is 15.0. The third kappa shape index (κ3) is 3040. The molecule has 0 fully saturated rings. The first kappa shape index (κ1) is 49.6. The maximum Gasteiger partial charge on any atom is 0.300 e. The van der Waals surface area contributed by atoms with Crippen LogP contribution in [0.25, 0.3) is 0 Å². The van der Waals surface area contributed by atoms with Gasteiger partial charge in [-0.2, -0.15) is 0 Å². The Balaban J connectivity index is -0.0000000197. The molecule has 8 N–H and O–H groups in total. The molecule has 0 rings (SSSR count). The van der Waals surface area contributed by atoms with E-state index in [-0.39, 0.29) is 88.7 Å². The van der Waals surface area contributed by atoms with Crippen molar-refractivity contribution in [2.45, 2.75) is 27.7 Å². The van der Waals surface area contributed by atoms with Gasteiger partial charge in [0.1, 0.15) is 0 Å². The molecule has 0 aromatic carbocycles. The third-order valence-electron chi connectivity index (χ3n) is 0.167. The largest absolute Gasteiger partial charge is 0.481 e. The number of carboxylic acids is 4. The Morgan fingerprint density at radius 1 is 0.565 bits per heavy atom. The molecule has 125 valence electrons. The summed E-state index contributed by atoms with van der Waals surface area (Å²) >= 11 is 0. The van der Waals surface area contributed by atoms with Crippen molar-refractivity contribution in [3.8, 4) is 0 Å². The molecule has 0 aromatic rings. The van der Waals surface area contributed by atoms with Crippen molar-refractivity contribution < 1.29 is 39.6 Å². The van der Waals surface area contributed by atoms with Gasteiger partial charge in [0.2, 0.25) is 0 Å². The zero-order valence-corrected chi connectivity index (χ0v) is 21.0. The van der Waals surface area contributed by atoms with Gasteiger partial charge in [0.05, 0.1) is 0 Å². The molecule has 0 saturated heterocycles. The van der Waals surface area contributed by atoms with Gasteiger partial charge in [-0.1, -0.05) is 0 Å². The Kier molecular flexibility index (Phi) is 107. The minimum atomic E-state index is -0.833. The van der Waals surface area contributed by atoms with Crippen LogP contribution in [0, 0.1) is 0 Å². The fourth-order valence-corrected chi connectivity index (χ4v) is 0. The van der Waals surface area contributed by atoms with Gasteiger partial charge >= 0.3 is 0 Å². The van der Waals surface area contributed by atoms with Crippen molar-refractivity contribution in [2.75, 3.05) is 13.1 Å². The fraction of sp³-hybridized carbons (Fsp3) is 0.600. The van der Waals surface area contributed by atoms with E-state index in [1.165, 1.54) is 0 Å². The molecular formula is C10H24N2Na3O8. The maximum absolute atomic E-state index is 9.00. The first-order valence-corrected chi connectivity index (χ1v) is 5.03. The number of carbonyl (C=O) groups is 4. The first-order valence-electron chi connectivity index (χ1n) is 5.03. The summed E-state index contributed by atoms with van der Waals surface area (Å²) in [6.45, 7) is 5.53. The van der Waals surface area contributed by atoms with Crippen LogP contribution in [0.4, 0.5) is 0 Å². The van der Waals surface area contributed by atoms with Crippen molar-refractivity contribution >= 4 is 113 Å². The summed E-state index contributed by atoms with van der Waals surface area (Å²) in [5.41, 5.74) is 9.81. The number of nitrogens with two attached hydrogens (primary N) is 2. The van der Waals surface area contributed by atoms with Gasteiger partial charge in [0.15, 0.2) is 0 Å². The molecule has 0 aromatic heterocycles. The second kappa shape index (κ2) is 49.5. The molecule has 10 nitrogen and oxygen atoms in total. The van der Waals surface area contributed by atoms with Crippen LogP contribution in [0.3, 0.4) is 0 Å². The Morgan fingerprint density at radius 3 is 0.609 bits per heavy atom. The van der Waals surface area contributed by atoms with Gasteiger partial charge in [-0.05, 0) is 0 Å². The zero-order chi connectivity index (χ0) is 17.7. The molecule has 0 aliphatic heterocycles. The predicted molar refractivity (Wildman–Crippen MR) is 88.6 cm³/mol. The molecule has 0 aliphatic carbocycles. The van der Waals surface area contributed by atoms with Gasteiger partial charge in [0, 0.05) is 129 Å². The van der Waals surface area contributed by atoms with Gasteiger partial charge < -0.3 is 31.9 Å². The Labute approximate surface area is 202 Å². The minimum Gasteiger partial charge on any atom is -0.481 e. The van der Waals surface area contributed by atoms with Crippen LogP contribution >= 0.6 is 0 Å². The molecular weight excluding hydrogens is 345 g/mol. The van der Waals surface area contributed by atoms with Crippen LogP contribution in [-0.4, -0.2) is 146 Å². The number of hydrogen-bond acceptors (Lipinski definition) is 6. The summed E-state index contributed by atoms with van der Waals surface area (Å²) < 4.78 is 0. The van der Waals surface area contributed by atoms with Crippen molar-refractivity contribution in [1.29, 1.82) is 0 Å². The summed E-state index contributed by atoms with van der Waals surface area (Å²) in [4.78, 5) is 36.0. The fourth-order valence-electron chi connectivity index (χ4n) is 0. The van der Waals surface area contributed by atoms with Crippen LogP contribution in [0.1, 0.15) is 27.7 Å². The summed E-state index contributed by atoms with van der Waals surface area (Å²) in [7, 11) is 0. The maximum atomic E-state index is 9.00. The monoisotopic (exact) mass is 369 g/mol. The molecule has 0 aliphatic rings. The van der Waals surface area contributed by atoms with Crippen molar-refractivity contribution in [2.24, 2.45) is 11.5 Å². The number of rotatable bonds is 1. The number of aliphatic carboxylic acids is 4. The van der Waals surface area contributed by atoms with Crippen LogP contribution < -0.4 is 11.5 Å². The second-order valence-corrected chi connectivity index (χ2v) is 2.65. The molecule has 0 spiro atoms. The topological polar surface area (TPSA) is 201 Å². The average Bonchev–Trinajstić information content (AvgIpc) is 2.13. The molecule has 0 bridgehead atoms. The molecule has 13 heteroatoms. The van der Waals surface area contributed by atoms with Crippen molar-refractivity contribution in [1.82, 2.24) is 0 Å². The van der Waals surface area contributed by atoms with Gasteiger partial charge in [-0.15, -0.1) is 0 Å². The molecule has 0 heterocycles. The first-order chi connectivity index (χ1) is 8.84. The number of hydrogen-bond donors (Lipinski definition) is 6. The predicted octanol–water partition coefficient (Wildman–Crippen LogP) is -1.87. The van der Waals surface area contributed by atoms with E-state index in [1.54, 1.807) is 0 Å². The molecule has 3 radical (unpaired) electrons. The van der Waals surface area contributed by atoms with E-state index in [2.05, 4.69) is 0 Å². The van der Waals surface area contributed by atoms with Gasteiger partial charge in [-0.3, -0.25) is 19.2 Å². The SMILES string of the molecule is CC(=O)O.CC(=O)O.CC(=O)O.CC(=O)O.NCCN.[Na].[Na].[Na]. The Hall–Kier alpha value is 0.800. The van der Waals surface area contributed by atoms with E-state index in [0.717, 1.165) is 27.7 Å². The van der Waals surface area contributed by atoms with E-state index in [4.69, 9.17) is 51.1 Å². The van der Waals surface area contributed by atoms with E-state index >= 15 is 0 Å². The minimum absolute atomic E-state index is 0. The standard InChI is InChI=1S/C2H8N2.4C2H4O2.3Na/c3-1-2-4;4*1-2(3)4;;;/h1-4H2;4*1H3,(H,3,4);;;. The summed E-state index contributed by atoms with van der Waals surface area (Å²) in [5.74, 6) is -3.33. The molecule has 23 heavy (non-hydrogen) atoms. The average molecular weight is 369 g/mol. The molecule has 0 unspecified atom stereocenters. The van der Waals surface area contributed by atoms with Crippen LogP contribution in [0.5, 0.6) is 0 Å². The molecule has 0 saturated carbocycles. The molecule has 0 amide bonds. The molecule has 0 atom stereocenters. The van der Waals surface area contributed by atoms with E-state index in [1.807, 2.05) is 0 Å². The Morgan fingerprint density at radius 2 is 0.609 bits per heavy atom. The smallest absolute Gasteiger partial charge is 0.300 e. The van der Waals surface area contributed by atoms with Gasteiger partial charge in [-0.25, -0.2) is 0 Å². The quantitative estimate of drug-likeness (QED) is 0.284.